The van der Waals surface area contributed by atoms with Crippen LogP contribution >= 0.6 is 0 Å². The Labute approximate surface area is 140 Å². The van der Waals surface area contributed by atoms with Gasteiger partial charge in [0.05, 0.1) is 25.2 Å². The third-order valence-electron chi connectivity index (χ3n) is 3.74. The van der Waals surface area contributed by atoms with Gasteiger partial charge >= 0.3 is 0 Å². The topological polar surface area (TPSA) is 76.6 Å². The van der Waals surface area contributed by atoms with Crippen molar-refractivity contribution in [1.29, 1.82) is 0 Å². The molecule has 1 aliphatic rings. The van der Waals surface area contributed by atoms with Gasteiger partial charge in [0.1, 0.15) is 11.5 Å². The lowest BCUT2D eigenvalue weighted by Crippen LogP contribution is -2.22. The molecule has 7 heteroatoms. The van der Waals surface area contributed by atoms with Gasteiger partial charge in [-0.05, 0) is 37.1 Å². The van der Waals surface area contributed by atoms with Crippen molar-refractivity contribution in [3.63, 3.8) is 0 Å². The second-order valence-electron chi connectivity index (χ2n) is 5.48. The van der Waals surface area contributed by atoms with Crippen molar-refractivity contribution in [3.8, 4) is 11.5 Å². The summed E-state index contributed by atoms with van der Waals surface area (Å²) in [6.45, 7) is 1.89. The molecule has 0 radical (unpaired) electrons. The molecule has 0 spiro atoms. The molecule has 0 atom stereocenters. The molecule has 0 aliphatic carbocycles. The minimum atomic E-state index is -0.261. The summed E-state index contributed by atoms with van der Waals surface area (Å²) in [5.41, 5.74) is 0.557. The second-order valence-corrected chi connectivity index (χ2v) is 5.48. The molecule has 1 fully saturated rings. The molecule has 1 aromatic carbocycles. The zero-order chi connectivity index (χ0) is 16.8. The van der Waals surface area contributed by atoms with Gasteiger partial charge in [-0.25, -0.2) is 9.97 Å². The number of rotatable bonds is 6. The van der Waals surface area contributed by atoms with Crippen LogP contribution in [0.2, 0.25) is 0 Å². The molecule has 0 saturated carbocycles. The lowest BCUT2D eigenvalue weighted by molar-refractivity contribution is -0.118. The highest BCUT2D eigenvalue weighted by atomic mass is 16.5. The van der Waals surface area contributed by atoms with Gasteiger partial charge in [0.15, 0.2) is 6.61 Å². The van der Waals surface area contributed by atoms with Crippen LogP contribution in [0.5, 0.6) is 11.5 Å². The zero-order valence-corrected chi connectivity index (χ0v) is 13.6. The summed E-state index contributed by atoms with van der Waals surface area (Å²) in [5.74, 6) is 1.79. The molecule has 2 aromatic rings. The van der Waals surface area contributed by atoms with Gasteiger partial charge in [0.2, 0.25) is 5.95 Å². The number of hydrogen-bond acceptors (Lipinski definition) is 6. The van der Waals surface area contributed by atoms with Crippen molar-refractivity contribution >= 4 is 17.5 Å². The number of hydrogen-bond donors (Lipinski definition) is 1. The van der Waals surface area contributed by atoms with E-state index in [1.165, 1.54) is 12.8 Å². The standard InChI is InChI=1S/C17H20N4O3/c1-23-14-4-6-15(7-5-14)24-12-16(22)20-13-10-18-17(19-11-13)21-8-2-3-9-21/h4-7,10-11H,2-3,8-9,12H2,1H3,(H,20,22). The fourth-order valence-electron chi connectivity index (χ4n) is 2.48. The molecule has 126 valence electrons. The highest BCUT2D eigenvalue weighted by Crippen LogP contribution is 2.18. The molecule has 0 bridgehead atoms. The fraction of sp³-hybridized carbons (Fsp3) is 0.353. The Bertz CT molecular complexity index is 667. The van der Waals surface area contributed by atoms with Crippen LogP contribution in [-0.4, -0.2) is 42.7 Å². The number of ether oxygens (including phenoxy) is 2. The van der Waals surface area contributed by atoms with Crippen molar-refractivity contribution in [3.05, 3.63) is 36.7 Å². The molecular formula is C17H20N4O3. The molecular weight excluding hydrogens is 308 g/mol. The number of nitrogens with zero attached hydrogens (tertiary/aromatic N) is 3. The lowest BCUT2D eigenvalue weighted by Gasteiger charge is -2.14. The molecule has 24 heavy (non-hydrogen) atoms. The molecule has 1 aromatic heterocycles. The Morgan fingerprint density at radius 2 is 1.75 bits per heavy atom. The third kappa shape index (κ3) is 4.13. The molecule has 1 saturated heterocycles. The van der Waals surface area contributed by atoms with Gasteiger partial charge < -0.3 is 19.7 Å². The summed E-state index contributed by atoms with van der Waals surface area (Å²) in [4.78, 5) is 22.7. The van der Waals surface area contributed by atoms with E-state index in [0.717, 1.165) is 18.8 Å². The Balaban J connectivity index is 1.48. The molecule has 1 amide bonds. The van der Waals surface area contributed by atoms with Gasteiger partial charge in [-0.3, -0.25) is 4.79 Å². The SMILES string of the molecule is COc1ccc(OCC(=O)Nc2cnc(N3CCCC3)nc2)cc1. The number of aromatic nitrogens is 2. The average Bonchev–Trinajstić information content (AvgIpc) is 3.16. The first-order chi connectivity index (χ1) is 11.7. The second kappa shape index (κ2) is 7.63. The van der Waals surface area contributed by atoms with Gasteiger partial charge in [-0.2, -0.15) is 0 Å². The smallest absolute Gasteiger partial charge is 0.262 e. The highest BCUT2D eigenvalue weighted by Gasteiger charge is 2.14. The van der Waals surface area contributed by atoms with E-state index in [-0.39, 0.29) is 12.5 Å². The van der Waals surface area contributed by atoms with Crippen LogP contribution in [0.3, 0.4) is 0 Å². The predicted molar refractivity (Wildman–Crippen MR) is 90.6 cm³/mol. The average molecular weight is 328 g/mol. The first kappa shape index (κ1) is 16.0. The number of benzene rings is 1. The molecule has 0 unspecified atom stereocenters. The first-order valence-corrected chi connectivity index (χ1v) is 7.88. The van der Waals surface area contributed by atoms with Crippen molar-refractivity contribution in [1.82, 2.24) is 9.97 Å². The third-order valence-corrected chi connectivity index (χ3v) is 3.74. The van der Waals surface area contributed by atoms with Crippen LogP contribution < -0.4 is 19.7 Å². The zero-order valence-electron chi connectivity index (χ0n) is 13.6. The Hall–Kier alpha value is -2.83. The van der Waals surface area contributed by atoms with Crippen LogP contribution in [0.15, 0.2) is 36.7 Å². The van der Waals surface area contributed by atoms with E-state index in [1.54, 1.807) is 43.8 Å². The maximum absolute atomic E-state index is 11.9. The van der Waals surface area contributed by atoms with Crippen LogP contribution in [0.1, 0.15) is 12.8 Å². The monoisotopic (exact) mass is 328 g/mol. The number of amides is 1. The first-order valence-electron chi connectivity index (χ1n) is 7.88. The summed E-state index contributed by atoms with van der Waals surface area (Å²) in [6, 6.07) is 7.05. The van der Waals surface area contributed by atoms with Crippen molar-refractivity contribution < 1.29 is 14.3 Å². The van der Waals surface area contributed by atoms with E-state index in [2.05, 4.69) is 20.2 Å². The van der Waals surface area contributed by atoms with Crippen LogP contribution in [0.25, 0.3) is 0 Å². The quantitative estimate of drug-likeness (QED) is 0.875. The maximum Gasteiger partial charge on any atom is 0.262 e. The summed E-state index contributed by atoms with van der Waals surface area (Å²) in [6.07, 6.45) is 5.58. The minimum absolute atomic E-state index is 0.0831. The highest BCUT2D eigenvalue weighted by molar-refractivity contribution is 5.91. The van der Waals surface area contributed by atoms with Crippen LogP contribution in [0, 0.1) is 0 Å². The van der Waals surface area contributed by atoms with Crippen LogP contribution in [0.4, 0.5) is 11.6 Å². The summed E-state index contributed by atoms with van der Waals surface area (Å²) >= 11 is 0. The molecule has 1 N–H and O–H groups in total. The van der Waals surface area contributed by atoms with E-state index >= 15 is 0 Å². The number of carbonyl (C=O) groups is 1. The maximum atomic E-state index is 11.9. The number of anilines is 2. The largest absolute Gasteiger partial charge is 0.497 e. The summed E-state index contributed by atoms with van der Waals surface area (Å²) in [7, 11) is 1.60. The normalized spacial score (nSPS) is 13.6. The molecule has 1 aliphatic heterocycles. The van der Waals surface area contributed by atoms with Gasteiger partial charge in [0, 0.05) is 13.1 Å². The number of methoxy groups -OCH3 is 1. The Morgan fingerprint density at radius 3 is 2.38 bits per heavy atom. The van der Waals surface area contributed by atoms with E-state index < -0.39 is 0 Å². The molecule has 3 rings (SSSR count). The lowest BCUT2D eigenvalue weighted by atomic mass is 10.3. The van der Waals surface area contributed by atoms with Gasteiger partial charge in [-0.1, -0.05) is 0 Å². The number of nitrogens with one attached hydrogen (secondary N) is 1. The number of carbonyl (C=O) groups excluding carboxylic acids is 1. The van der Waals surface area contributed by atoms with E-state index in [1.807, 2.05) is 0 Å². The van der Waals surface area contributed by atoms with Crippen molar-refractivity contribution in [2.24, 2.45) is 0 Å². The van der Waals surface area contributed by atoms with Gasteiger partial charge in [0.25, 0.3) is 5.91 Å². The summed E-state index contributed by atoms with van der Waals surface area (Å²) in [5, 5.41) is 2.72. The fourth-order valence-corrected chi connectivity index (χ4v) is 2.48. The Morgan fingerprint density at radius 1 is 1.12 bits per heavy atom. The van der Waals surface area contributed by atoms with E-state index in [0.29, 0.717) is 17.4 Å². The molecule has 2 heterocycles. The predicted octanol–water partition coefficient (Wildman–Crippen LogP) is 2.10. The van der Waals surface area contributed by atoms with Crippen molar-refractivity contribution in [2.75, 3.05) is 37.0 Å². The van der Waals surface area contributed by atoms with E-state index in [9.17, 15) is 4.79 Å². The molecule has 7 nitrogen and oxygen atoms in total. The van der Waals surface area contributed by atoms with Gasteiger partial charge in [-0.15, -0.1) is 0 Å². The van der Waals surface area contributed by atoms with E-state index in [4.69, 9.17) is 9.47 Å². The summed E-state index contributed by atoms with van der Waals surface area (Å²) < 4.78 is 10.5. The van der Waals surface area contributed by atoms with Crippen molar-refractivity contribution in [2.45, 2.75) is 12.8 Å². The minimum Gasteiger partial charge on any atom is -0.497 e. The van der Waals surface area contributed by atoms with Crippen LogP contribution in [-0.2, 0) is 4.79 Å². The Kier molecular flexibility index (Phi) is 5.10.